The Balaban J connectivity index is 1.35. The van der Waals surface area contributed by atoms with Gasteiger partial charge in [0, 0.05) is 18.5 Å². The second-order valence-electron chi connectivity index (χ2n) is 11.5. The Kier molecular flexibility index (Phi) is 6.13. The van der Waals surface area contributed by atoms with E-state index < -0.39 is 0 Å². The van der Waals surface area contributed by atoms with Gasteiger partial charge in [-0.05, 0) is 76.0 Å². The van der Waals surface area contributed by atoms with Crippen LogP contribution in [0.2, 0.25) is 0 Å². The van der Waals surface area contributed by atoms with Crippen LogP contribution in [0.3, 0.4) is 0 Å². The summed E-state index contributed by atoms with van der Waals surface area (Å²) in [4.78, 5) is 15.9. The summed E-state index contributed by atoms with van der Waals surface area (Å²) in [6, 6.07) is 15.2. The molecule has 0 aliphatic carbocycles. The van der Waals surface area contributed by atoms with Gasteiger partial charge in [0.05, 0.1) is 41.4 Å². The van der Waals surface area contributed by atoms with E-state index in [4.69, 9.17) is 14.7 Å². The third-order valence-corrected chi connectivity index (χ3v) is 8.25. The minimum atomic E-state index is -0.214. The molecular weight excluding hydrogens is 462 g/mol. The average molecular weight is 501 g/mol. The molecule has 0 bridgehead atoms. The van der Waals surface area contributed by atoms with Crippen LogP contribution in [0.15, 0.2) is 48.7 Å². The maximum absolute atomic E-state index is 6.35. The van der Waals surface area contributed by atoms with Crippen molar-refractivity contribution in [2.75, 3.05) is 37.0 Å². The molecule has 5 heterocycles. The lowest BCUT2D eigenvalue weighted by Crippen LogP contribution is -2.54. The van der Waals surface area contributed by atoms with Crippen molar-refractivity contribution >= 4 is 23.3 Å². The fourth-order valence-corrected chi connectivity index (χ4v) is 6.11. The zero-order valence-electron chi connectivity index (χ0n) is 22.3. The molecule has 0 spiro atoms. The normalized spacial score (nSPS) is 26.1. The van der Waals surface area contributed by atoms with Gasteiger partial charge in [-0.2, -0.15) is 0 Å². The highest BCUT2D eigenvalue weighted by atomic mass is 16.5. The van der Waals surface area contributed by atoms with Crippen LogP contribution >= 0.6 is 0 Å². The average Bonchev–Trinajstić information content (AvgIpc) is 3.50. The van der Waals surface area contributed by atoms with Gasteiger partial charge in [0.2, 0.25) is 5.82 Å². The van der Waals surface area contributed by atoms with Gasteiger partial charge in [-0.1, -0.05) is 30.1 Å². The predicted molar refractivity (Wildman–Crippen MR) is 146 cm³/mol. The van der Waals surface area contributed by atoms with Gasteiger partial charge in [-0.25, -0.2) is 15.3 Å². The van der Waals surface area contributed by atoms with Crippen molar-refractivity contribution in [3.63, 3.8) is 0 Å². The first-order valence-corrected chi connectivity index (χ1v) is 13.4. The van der Waals surface area contributed by atoms with E-state index in [2.05, 4.69) is 95.3 Å². The standard InChI is InChI=1S/C29H37N7O/c1-28(2)14-24-29(3,18-37-28)23-17-32-27(34-21-10-8-19(9-11-21)20-12-13-31-15-20)35-26(23)36(24)25-7-5-6-22(33-25)16-30-4/h5-11,17,20,24,30-31H,12-16,18H2,1-4H3,(H,32,34,35)/p+1/t20-,24+,29+/m0/s1. The molecule has 8 nitrogen and oxygen atoms in total. The maximum Gasteiger partial charge on any atom is 0.396 e. The van der Waals surface area contributed by atoms with Crippen molar-refractivity contribution in [2.24, 2.45) is 0 Å². The fraction of sp³-hybridized carbons (Fsp3) is 0.483. The van der Waals surface area contributed by atoms with Crippen molar-refractivity contribution < 1.29 is 9.72 Å². The van der Waals surface area contributed by atoms with E-state index in [0.717, 1.165) is 49.1 Å². The van der Waals surface area contributed by atoms with Crippen LogP contribution < -0.4 is 25.8 Å². The highest BCUT2D eigenvalue weighted by molar-refractivity contribution is 5.70. The summed E-state index contributed by atoms with van der Waals surface area (Å²) < 4.78 is 6.35. The Hall–Kier alpha value is -3.07. The number of benzene rings is 1. The molecule has 4 N–H and O–H groups in total. The minimum Gasteiger partial charge on any atom is -0.374 e. The summed E-state index contributed by atoms with van der Waals surface area (Å²) in [5.74, 6) is 3.19. The molecule has 0 unspecified atom stereocenters. The van der Waals surface area contributed by atoms with Gasteiger partial charge < -0.3 is 15.4 Å². The molecule has 194 valence electrons. The number of aromatic nitrogens is 3. The number of pyridine rings is 1. The van der Waals surface area contributed by atoms with Crippen molar-refractivity contribution in [3.8, 4) is 0 Å². The number of fused-ring (bicyclic) bond motifs is 3. The monoisotopic (exact) mass is 500 g/mol. The first-order valence-electron chi connectivity index (χ1n) is 13.4. The van der Waals surface area contributed by atoms with Crippen LogP contribution in [0.1, 0.15) is 56.4 Å². The van der Waals surface area contributed by atoms with Gasteiger partial charge in [0.1, 0.15) is 5.82 Å². The van der Waals surface area contributed by atoms with Gasteiger partial charge in [-0.3, -0.25) is 4.90 Å². The zero-order valence-corrected chi connectivity index (χ0v) is 22.3. The predicted octanol–water partition coefficient (Wildman–Crippen LogP) is 3.81. The van der Waals surface area contributed by atoms with E-state index in [9.17, 15) is 0 Å². The number of nitrogens with zero attached hydrogens (tertiary/aromatic N) is 3. The van der Waals surface area contributed by atoms with Crippen LogP contribution in [0.5, 0.6) is 0 Å². The first kappa shape index (κ1) is 24.3. The molecule has 3 aliphatic rings. The number of H-pyrrole nitrogens is 1. The first-order chi connectivity index (χ1) is 17.9. The molecule has 1 aromatic carbocycles. The van der Waals surface area contributed by atoms with Crippen molar-refractivity contribution in [2.45, 2.75) is 63.1 Å². The fourth-order valence-electron chi connectivity index (χ4n) is 6.11. The summed E-state index contributed by atoms with van der Waals surface area (Å²) in [6.07, 6.45) is 4.19. The molecule has 3 aromatic rings. The SMILES string of the molecule is CNCc1cccc(N2c3nc(Nc4ccc([C@H]5CCNC5)cc4)[nH+]cc3[C@@]3(C)COC(C)(C)C[C@@H]23)n1. The van der Waals surface area contributed by atoms with E-state index in [-0.39, 0.29) is 17.1 Å². The van der Waals surface area contributed by atoms with E-state index >= 15 is 0 Å². The topological polar surface area (TPSA) is 88.5 Å². The molecule has 2 saturated heterocycles. The van der Waals surface area contributed by atoms with Crippen molar-refractivity contribution in [1.29, 1.82) is 0 Å². The maximum atomic E-state index is 6.35. The molecule has 0 saturated carbocycles. The Labute approximate surface area is 219 Å². The minimum absolute atomic E-state index is 0.190. The number of ether oxygens (including phenoxy) is 1. The van der Waals surface area contributed by atoms with Crippen LogP contribution in [0.25, 0.3) is 0 Å². The lowest BCUT2D eigenvalue weighted by Gasteiger charge is -2.46. The number of anilines is 4. The molecular formula is C29H38N7O+. The van der Waals surface area contributed by atoms with E-state index in [1.54, 1.807) is 0 Å². The van der Waals surface area contributed by atoms with Crippen molar-refractivity contribution in [3.05, 3.63) is 65.5 Å². The van der Waals surface area contributed by atoms with Gasteiger partial charge in [0.25, 0.3) is 0 Å². The summed E-state index contributed by atoms with van der Waals surface area (Å²) in [5.41, 5.74) is 4.19. The molecule has 3 aliphatic heterocycles. The smallest absolute Gasteiger partial charge is 0.374 e. The number of nitrogens with one attached hydrogen (secondary N) is 4. The number of rotatable bonds is 6. The van der Waals surface area contributed by atoms with E-state index in [0.29, 0.717) is 18.5 Å². The van der Waals surface area contributed by atoms with Crippen LogP contribution in [-0.2, 0) is 16.7 Å². The van der Waals surface area contributed by atoms with Gasteiger partial charge in [-0.15, -0.1) is 0 Å². The number of hydrogen-bond donors (Lipinski definition) is 3. The molecule has 3 atom stereocenters. The highest BCUT2D eigenvalue weighted by Crippen LogP contribution is 2.52. The summed E-state index contributed by atoms with van der Waals surface area (Å²) in [5, 5.41) is 10.2. The molecule has 6 rings (SSSR count). The van der Waals surface area contributed by atoms with Crippen LogP contribution in [-0.4, -0.2) is 48.4 Å². The van der Waals surface area contributed by atoms with E-state index in [1.165, 1.54) is 17.5 Å². The van der Waals surface area contributed by atoms with Crippen LogP contribution in [0, 0.1) is 0 Å². The third kappa shape index (κ3) is 4.47. The summed E-state index contributed by atoms with van der Waals surface area (Å²) in [7, 11) is 1.95. The van der Waals surface area contributed by atoms with Crippen molar-refractivity contribution in [1.82, 2.24) is 20.6 Å². The second kappa shape index (κ2) is 9.35. The molecule has 2 fully saturated rings. The summed E-state index contributed by atoms with van der Waals surface area (Å²) >= 11 is 0. The molecule has 2 aromatic heterocycles. The Bertz CT molecular complexity index is 1270. The van der Waals surface area contributed by atoms with E-state index in [1.807, 2.05) is 7.05 Å². The Morgan fingerprint density at radius 3 is 2.73 bits per heavy atom. The molecule has 37 heavy (non-hydrogen) atoms. The Morgan fingerprint density at radius 2 is 1.97 bits per heavy atom. The largest absolute Gasteiger partial charge is 0.396 e. The van der Waals surface area contributed by atoms with Gasteiger partial charge in [0.15, 0.2) is 0 Å². The summed E-state index contributed by atoms with van der Waals surface area (Å²) in [6.45, 7) is 10.2. The molecule has 0 radical (unpaired) electrons. The molecule has 8 heteroatoms. The quantitative estimate of drug-likeness (QED) is 0.474. The van der Waals surface area contributed by atoms with Crippen LogP contribution in [0.4, 0.5) is 23.3 Å². The van der Waals surface area contributed by atoms with Gasteiger partial charge >= 0.3 is 5.95 Å². The zero-order chi connectivity index (χ0) is 25.6. The lowest BCUT2D eigenvalue weighted by molar-refractivity contribution is -0.365. The second-order valence-corrected chi connectivity index (χ2v) is 11.5. The Morgan fingerprint density at radius 1 is 1.14 bits per heavy atom. The number of hydrogen-bond acceptors (Lipinski definition) is 7. The third-order valence-electron chi connectivity index (χ3n) is 8.25. The molecule has 0 amide bonds. The number of aromatic amines is 1. The lowest BCUT2D eigenvalue weighted by atomic mass is 9.73. The highest BCUT2D eigenvalue weighted by Gasteiger charge is 2.56.